The molecule has 0 amide bonds. The molecule has 5 heteroatoms. The van der Waals surface area contributed by atoms with Crippen molar-refractivity contribution in [1.29, 1.82) is 0 Å². The second-order valence-corrected chi connectivity index (χ2v) is 5.25. The van der Waals surface area contributed by atoms with Crippen LogP contribution in [0.15, 0.2) is 16.5 Å². The zero-order chi connectivity index (χ0) is 13.8. The minimum absolute atomic E-state index is 0.262. The smallest absolute Gasteiger partial charge is 0.373 e. The van der Waals surface area contributed by atoms with Crippen molar-refractivity contribution in [1.82, 2.24) is 4.90 Å². The molecule has 0 radical (unpaired) electrons. The van der Waals surface area contributed by atoms with E-state index in [-0.39, 0.29) is 5.76 Å². The van der Waals surface area contributed by atoms with Crippen molar-refractivity contribution < 1.29 is 13.9 Å². The van der Waals surface area contributed by atoms with Gasteiger partial charge in [-0.1, -0.05) is 6.92 Å². The van der Waals surface area contributed by atoms with Crippen LogP contribution >= 0.6 is 0 Å². The Labute approximate surface area is 113 Å². The number of furan rings is 1. The highest BCUT2D eigenvalue weighted by Crippen LogP contribution is 2.24. The van der Waals surface area contributed by atoms with E-state index in [9.17, 15) is 4.79 Å². The maximum atomic E-state index is 11.3. The Bertz CT molecular complexity index is 430. The van der Waals surface area contributed by atoms with Crippen LogP contribution in [0.3, 0.4) is 0 Å². The highest BCUT2D eigenvalue weighted by Gasteiger charge is 2.25. The molecule has 2 rings (SSSR count). The van der Waals surface area contributed by atoms with Gasteiger partial charge in [-0.2, -0.15) is 0 Å². The summed E-state index contributed by atoms with van der Waals surface area (Å²) >= 11 is 0. The largest absolute Gasteiger partial charge is 0.463 e. The van der Waals surface area contributed by atoms with E-state index in [1.54, 1.807) is 6.07 Å². The minimum Gasteiger partial charge on any atom is -0.463 e. The van der Waals surface area contributed by atoms with E-state index in [4.69, 9.17) is 10.2 Å². The zero-order valence-electron chi connectivity index (χ0n) is 11.6. The van der Waals surface area contributed by atoms with Gasteiger partial charge < -0.3 is 14.9 Å². The van der Waals surface area contributed by atoms with E-state index in [1.165, 1.54) is 7.11 Å². The maximum absolute atomic E-state index is 11.3. The first kappa shape index (κ1) is 14.1. The highest BCUT2D eigenvalue weighted by molar-refractivity contribution is 5.86. The van der Waals surface area contributed by atoms with Crippen molar-refractivity contribution in [2.75, 3.05) is 26.7 Å². The number of nitrogens with zero attached hydrogens (tertiary/aromatic N) is 1. The maximum Gasteiger partial charge on any atom is 0.373 e. The van der Waals surface area contributed by atoms with Gasteiger partial charge in [-0.05, 0) is 43.5 Å². The van der Waals surface area contributed by atoms with Crippen molar-refractivity contribution in [2.24, 2.45) is 17.6 Å². The Balaban J connectivity index is 1.94. The molecule has 0 saturated carbocycles. The number of carbonyl (C=O) groups is 1. The molecule has 2 atom stereocenters. The van der Waals surface area contributed by atoms with E-state index in [0.717, 1.165) is 38.4 Å². The summed E-state index contributed by atoms with van der Waals surface area (Å²) in [6, 6.07) is 3.50. The fraction of sp³-hybridized carbons (Fsp3) is 0.643. The fourth-order valence-electron chi connectivity index (χ4n) is 2.57. The lowest BCUT2D eigenvalue weighted by Crippen LogP contribution is -2.42. The van der Waals surface area contributed by atoms with Gasteiger partial charge in [0.25, 0.3) is 0 Å². The molecular formula is C14H22N2O3. The molecule has 19 heavy (non-hydrogen) atoms. The number of hydrogen-bond donors (Lipinski definition) is 1. The minimum atomic E-state index is -0.432. The van der Waals surface area contributed by atoms with E-state index in [1.807, 2.05) is 6.07 Å². The lowest BCUT2D eigenvalue weighted by Gasteiger charge is -2.36. The number of hydrogen-bond acceptors (Lipinski definition) is 5. The summed E-state index contributed by atoms with van der Waals surface area (Å²) < 4.78 is 10.1. The average Bonchev–Trinajstić information content (AvgIpc) is 2.88. The lowest BCUT2D eigenvalue weighted by atomic mass is 9.87. The Morgan fingerprint density at radius 3 is 3.05 bits per heavy atom. The summed E-state index contributed by atoms with van der Waals surface area (Å²) in [5, 5.41) is 0. The predicted molar refractivity (Wildman–Crippen MR) is 71.6 cm³/mol. The summed E-state index contributed by atoms with van der Waals surface area (Å²) in [4.78, 5) is 13.6. The molecule has 1 aliphatic heterocycles. The first-order valence-electron chi connectivity index (χ1n) is 6.73. The topological polar surface area (TPSA) is 68.7 Å². The quantitative estimate of drug-likeness (QED) is 0.836. The fourth-order valence-corrected chi connectivity index (χ4v) is 2.57. The van der Waals surface area contributed by atoms with Crippen molar-refractivity contribution >= 4 is 5.97 Å². The number of carbonyl (C=O) groups excluding carboxylic acids is 1. The third kappa shape index (κ3) is 3.36. The normalized spacial score (nSPS) is 24.4. The summed E-state index contributed by atoms with van der Waals surface area (Å²) in [5.41, 5.74) is 5.80. The van der Waals surface area contributed by atoms with Crippen LogP contribution in [0.2, 0.25) is 0 Å². The molecule has 2 N–H and O–H groups in total. The van der Waals surface area contributed by atoms with Gasteiger partial charge in [0.05, 0.1) is 13.7 Å². The van der Waals surface area contributed by atoms with Crippen molar-refractivity contribution in [3.63, 3.8) is 0 Å². The van der Waals surface area contributed by atoms with Gasteiger partial charge >= 0.3 is 5.97 Å². The molecule has 0 aliphatic carbocycles. The molecule has 0 spiro atoms. The van der Waals surface area contributed by atoms with Crippen LogP contribution in [-0.4, -0.2) is 37.6 Å². The predicted octanol–water partition coefficient (Wildman–Crippen LogP) is 1.48. The van der Waals surface area contributed by atoms with Gasteiger partial charge in [-0.25, -0.2) is 4.79 Å². The van der Waals surface area contributed by atoms with Crippen LogP contribution in [0.5, 0.6) is 0 Å². The van der Waals surface area contributed by atoms with Crippen molar-refractivity contribution in [2.45, 2.75) is 19.9 Å². The Hall–Kier alpha value is -1.33. The van der Waals surface area contributed by atoms with Gasteiger partial charge in [0.2, 0.25) is 5.76 Å². The van der Waals surface area contributed by atoms with Crippen LogP contribution in [0.1, 0.15) is 29.7 Å². The van der Waals surface area contributed by atoms with Gasteiger partial charge in [0.1, 0.15) is 5.76 Å². The van der Waals surface area contributed by atoms with Gasteiger partial charge in [0, 0.05) is 6.54 Å². The summed E-state index contributed by atoms with van der Waals surface area (Å²) in [6.45, 7) is 5.75. The average molecular weight is 266 g/mol. The van der Waals surface area contributed by atoms with Crippen LogP contribution in [0, 0.1) is 11.8 Å². The number of ether oxygens (including phenoxy) is 1. The number of likely N-dealkylation sites (tertiary alicyclic amines) is 1. The second kappa shape index (κ2) is 6.21. The summed E-state index contributed by atoms with van der Waals surface area (Å²) in [7, 11) is 1.35. The molecule has 1 fully saturated rings. The Morgan fingerprint density at radius 1 is 1.58 bits per heavy atom. The monoisotopic (exact) mass is 266 g/mol. The molecule has 1 aromatic rings. The Morgan fingerprint density at radius 2 is 2.37 bits per heavy atom. The molecular weight excluding hydrogens is 244 g/mol. The lowest BCUT2D eigenvalue weighted by molar-refractivity contribution is 0.0558. The zero-order valence-corrected chi connectivity index (χ0v) is 11.6. The molecule has 5 nitrogen and oxygen atoms in total. The summed E-state index contributed by atoms with van der Waals surface area (Å²) in [6.07, 6.45) is 1.16. The Kier molecular flexibility index (Phi) is 4.61. The number of nitrogens with two attached hydrogens (primary N) is 1. The standard InChI is InChI=1S/C14H22N2O3/c1-10-5-6-16(8-11(10)7-15)9-12-3-4-13(19-12)14(17)18-2/h3-4,10-11H,5-9,15H2,1-2H3. The van der Waals surface area contributed by atoms with Crippen LogP contribution in [0.25, 0.3) is 0 Å². The third-order valence-electron chi connectivity index (χ3n) is 3.93. The van der Waals surface area contributed by atoms with Crippen LogP contribution < -0.4 is 5.73 Å². The highest BCUT2D eigenvalue weighted by atomic mass is 16.5. The number of esters is 1. The molecule has 1 saturated heterocycles. The molecule has 2 heterocycles. The van der Waals surface area contributed by atoms with Crippen LogP contribution in [-0.2, 0) is 11.3 Å². The third-order valence-corrected chi connectivity index (χ3v) is 3.93. The van der Waals surface area contributed by atoms with E-state index >= 15 is 0 Å². The molecule has 1 aromatic heterocycles. The second-order valence-electron chi connectivity index (χ2n) is 5.25. The number of methoxy groups -OCH3 is 1. The molecule has 1 aliphatic rings. The van der Waals surface area contributed by atoms with E-state index in [0.29, 0.717) is 11.8 Å². The molecule has 106 valence electrons. The molecule has 0 bridgehead atoms. The summed E-state index contributed by atoms with van der Waals surface area (Å²) in [5.74, 6) is 1.86. The van der Waals surface area contributed by atoms with E-state index in [2.05, 4.69) is 16.6 Å². The van der Waals surface area contributed by atoms with E-state index < -0.39 is 5.97 Å². The molecule has 2 unspecified atom stereocenters. The van der Waals surface area contributed by atoms with Gasteiger partial charge in [-0.15, -0.1) is 0 Å². The van der Waals surface area contributed by atoms with Crippen LogP contribution in [0.4, 0.5) is 0 Å². The first-order valence-corrected chi connectivity index (χ1v) is 6.73. The van der Waals surface area contributed by atoms with Crippen molar-refractivity contribution in [3.05, 3.63) is 23.7 Å². The van der Waals surface area contributed by atoms with Gasteiger partial charge in [-0.3, -0.25) is 4.90 Å². The number of piperidine rings is 1. The first-order chi connectivity index (χ1) is 9.13. The van der Waals surface area contributed by atoms with Crippen molar-refractivity contribution in [3.8, 4) is 0 Å². The van der Waals surface area contributed by atoms with Gasteiger partial charge in [0.15, 0.2) is 0 Å². The number of rotatable bonds is 4. The molecule has 0 aromatic carbocycles. The SMILES string of the molecule is COC(=O)c1ccc(CN2CCC(C)C(CN)C2)o1.